The van der Waals surface area contributed by atoms with Crippen LogP contribution >= 0.6 is 0 Å². The SMILES string of the molecule is C=CC1=C(C=N)C(/C=C\C)=C(/C=C\C)N(C(=O)O)C1.CC.CF. The topological polar surface area (TPSA) is 64.4 Å². The highest BCUT2D eigenvalue weighted by Gasteiger charge is 2.26. The van der Waals surface area contributed by atoms with Crippen molar-refractivity contribution in [1.82, 2.24) is 4.90 Å². The van der Waals surface area contributed by atoms with Gasteiger partial charge >= 0.3 is 6.09 Å². The van der Waals surface area contributed by atoms with Crippen molar-refractivity contribution in [3.05, 3.63) is 59.4 Å². The second-order valence-corrected chi connectivity index (χ2v) is 3.96. The van der Waals surface area contributed by atoms with Crippen molar-refractivity contribution in [2.24, 2.45) is 0 Å². The molecule has 5 heteroatoms. The van der Waals surface area contributed by atoms with E-state index in [1.165, 1.54) is 11.1 Å². The van der Waals surface area contributed by atoms with Gasteiger partial charge in [0.05, 0.1) is 19.4 Å². The lowest BCUT2D eigenvalue weighted by atomic mass is 9.93. The molecule has 0 unspecified atom stereocenters. The van der Waals surface area contributed by atoms with E-state index in [9.17, 15) is 14.3 Å². The minimum Gasteiger partial charge on any atom is -0.465 e. The number of carbonyl (C=O) groups is 1. The highest BCUT2D eigenvalue weighted by atomic mass is 19.1. The average molecular weight is 322 g/mol. The van der Waals surface area contributed by atoms with E-state index in [0.29, 0.717) is 18.4 Å². The number of rotatable bonds is 4. The van der Waals surface area contributed by atoms with Gasteiger partial charge in [-0.2, -0.15) is 0 Å². The Kier molecular flexibility index (Phi) is 13.2. The molecule has 0 radical (unpaired) electrons. The zero-order chi connectivity index (χ0) is 18.4. The fraction of sp³-hybridized carbons (Fsp3) is 0.333. The second kappa shape index (κ2) is 13.2. The van der Waals surface area contributed by atoms with Gasteiger partial charge in [0.1, 0.15) is 0 Å². The van der Waals surface area contributed by atoms with Crippen molar-refractivity contribution in [3.8, 4) is 0 Å². The number of allylic oxidation sites excluding steroid dienone is 6. The molecule has 1 rings (SSSR count). The summed E-state index contributed by atoms with van der Waals surface area (Å²) >= 11 is 0. The van der Waals surface area contributed by atoms with E-state index in [2.05, 4.69) is 6.58 Å². The first-order valence-corrected chi connectivity index (χ1v) is 7.35. The summed E-state index contributed by atoms with van der Waals surface area (Å²) in [6, 6.07) is 0. The van der Waals surface area contributed by atoms with Crippen LogP contribution in [0.25, 0.3) is 0 Å². The standard InChI is InChI=1S/C15H18N2O2.C2H6.CH3F/c1-4-7-12-13(9-16)11(6-3)10-17(15(18)19)14(12)8-5-2;2*1-2/h4-9,16H,3,10H2,1-2H3,(H,18,19);1-2H3;1H3/b7-4-,8-5-,16-9?;;. The first-order chi connectivity index (χ1) is 11.1. The summed E-state index contributed by atoms with van der Waals surface area (Å²) in [5.41, 5.74) is 2.74. The van der Waals surface area contributed by atoms with Crippen LogP contribution in [0, 0.1) is 5.41 Å². The molecule has 0 aliphatic carbocycles. The lowest BCUT2D eigenvalue weighted by Gasteiger charge is -2.29. The number of halogens is 1. The van der Waals surface area contributed by atoms with Crippen molar-refractivity contribution >= 4 is 12.3 Å². The molecule has 128 valence electrons. The maximum atomic E-state index is 11.4. The first kappa shape index (κ1) is 22.8. The van der Waals surface area contributed by atoms with E-state index in [1.54, 1.807) is 18.2 Å². The lowest BCUT2D eigenvalue weighted by molar-refractivity contribution is 0.162. The fourth-order valence-electron chi connectivity index (χ4n) is 1.99. The molecule has 1 heterocycles. The molecule has 0 saturated carbocycles. The van der Waals surface area contributed by atoms with Crippen LogP contribution in [0.3, 0.4) is 0 Å². The third kappa shape index (κ3) is 6.06. The van der Waals surface area contributed by atoms with Gasteiger partial charge in [0, 0.05) is 17.4 Å². The van der Waals surface area contributed by atoms with Crippen molar-refractivity contribution in [3.63, 3.8) is 0 Å². The molecule has 0 aromatic rings. The van der Waals surface area contributed by atoms with Crippen molar-refractivity contribution < 1.29 is 14.3 Å². The van der Waals surface area contributed by atoms with Crippen molar-refractivity contribution in [2.45, 2.75) is 27.7 Å². The minimum absolute atomic E-state index is 0.213. The number of nitrogens with zero attached hydrogens (tertiary/aromatic N) is 1. The van der Waals surface area contributed by atoms with Crippen LogP contribution in [0.15, 0.2) is 59.4 Å². The molecule has 0 saturated heterocycles. The number of hydrogen-bond donors (Lipinski definition) is 2. The summed E-state index contributed by atoms with van der Waals surface area (Å²) in [7, 11) is 0.500. The molecular formula is C18H27FN2O2. The fourth-order valence-corrected chi connectivity index (χ4v) is 1.99. The lowest BCUT2D eigenvalue weighted by Crippen LogP contribution is -2.34. The van der Waals surface area contributed by atoms with E-state index in [1.807, 2.05) is 39.8 Å². The Balaban J connectivity index is 0. The van der Waals surface area contributed by atoms with Gasteiger partial charge in [-0.15, -0.1) is 0 Å². The van der Waals surface area contributed by atoms with E-state index in [-0.39, 0.29) is 6.54 Å². The van der Waals surface area contributed by atoms with Crippen LogP contribution in [0.4, 0.5) is 9.18 Å². The van der Waals surface area contributed by atoms with E-state index < -0.39 is 6.09 Å². The van der Waals surface area contributed by atoms with Crippen molar-refractivity contribution in [1.29, 1.82) is 5.41 Å². The summed E-state index contributed by atoms with van der Waals surface area (Å²) < 4.78 is 9.50. The quantitative estimate of drug-likeness (QED) is 0.705. The maximum Gasteiger partial charge on any atom is 0.412 e. The van der Waals surface area contributed by atoms with Crippen LogP contribution < -0.4 is 0 Å². The molecule has 2 N–H and O–H groups in total. The molecule has 1 aliphatic heterocycles. The molecule has 0 bridgehead atoms. The molecule has 0 atom stereocenters. The van der Waals surface area contributed by atoms with Gasteiger partial charge in [-0.05, 0) is 25.5 Å². The van der Waals surface area contributed by atoms with Gasteiger partial charge in [0.2, 0.25) is 0 Å². The number of carboxylic acid groups (broad SMARTS) is 1. The molecule has 4 nitrogen and oxygen atoms in total. The Morgan fingerprint density at radius 2 is 1.74 bits per heavy atom. The van der Waals surface area contributed by atoms with E-state index in [4.69, 9.17) is 5.41 Å². The Hall–Kier alpha value is -2.43. The number of alkyl halides is 1. The van der Waals surface area contributed by atoms with Gasteiger partial charge < -0.3 is 10.5 Å². The maximum absolute atomic E-state index is 11.4. The summed E-state index contributed by atoms with van der Waals surface area (Å²) in [6.07, 6.45) is 9.00. The highest BCUT2D eigenvalue weighted by Crippen LogP contribution is 2.29. The normalized spacial score (nSPS) is 14.3. The summed E-state index contributed by atoms with van der Waals surface area (Å²) in [6.45, 7) is 11.6. The number of nitrogens with one attached hydrogen (secondary N) is 1. The van der Waals surface area contributed by atoms with Crippen LogP contribution in [0.2, 0.25) is 0 Å². The largest absolute Gasteiger partial charge is 0.465 e. The van der Waals surface area contributed by atoms with Crippen LogP contribution in [0.1, 0.15) is 27.7 Å². The Labute approximate surface area is 138 Å². The molecule has 23 heavy (non-hydrogen) atoms. The van der Waals surface area contributed by atoms with E-state index >= 15 is 0 Å². The van der Waals surface area contributed by atoms with Crippen LogP contribution in [-0.4, -0.2) is 36.0 Å². The third-order valence-electron chi connectivity index (χ3n) is 2.81. The summed E-state index contributed by atoms with van der Waals surface area (Å²) in [4.78, 5) is 12.6. The zero-order valence-electron chi connectivity index (χ0n) is 14.6. The molecule has 0 spiro atoms. The number of hydrogen-bond acceptors (Lipinski definition) is 2. The minimum atomic E-state index is -1.02. The molecule has 0 aromatic heterocycles. The third-order valence-corrected chi connectivity index (χ3v) is 2.81. The predicted molar refractivity (Wildman–Crippen MR) is 95.8 cm³/mol. The highest BCUT2D eigenvalue weighted by molar-refractivity contribution is 5.89. The molecule has 1 amide bonds. The van der Waals surface area contributed by atoms with Gasteiger partial charge in [0.15, 0.2) is 0 Å². The van der Waals surface area contributed by atoms with Gasteiger partial charge in [-0.3, -0.25) is 9.29 Å². The molecule has 1 aliphatic rings. The Bertz CT molecular complexity index is 529. The van der Waals surface area contributed by atoms with Crippen LogP contribution in [-0.2, 0) is 0 Å². The van der Waals surface area contributed by atoms with Gasteiger partial charge in [-0.1, -0.05) is 44.7 Å². The van der Waals surface area contributed by atoms with E-state index in [0.717, 1.165) is 11.1 Å². The monoisotopic (exact) mass is 322 g/mol. The predicted octanol–water partition coefficient (Wildman–Crippen LogP) is 5.13. The first-order valence-electron chi connectivity index (χ1n) is 7.35. The summed E-state index contributed by atoms with van der Waals surface area (Å²) in [5, 5.41) is 16.9. The van der Waals surface area contributed by atoms with Crippen LogP contribution in [0.5, 0.6) is 0 Å². The smallest absolute Gasteiger partial charge is 0.412 e. The molecular weight excluding hydrogens is 295 g/mol. The molecule has 0 aromatic carbocycles. The van der Waals surface area contributed by atoms with Gasteiger partial charge in [0.25, 0.3) is 0 Å². The number of amides is 1. The Morgan fingerprint density at radius 1 is 1.22 bits per heavy atom. The second-order valence-electron chi connectivity index (χ2n) is 3.96. The summed E-state index contributed by atoms with van der Waals surface area (Å²) in [5.74, 6) is 0. The molecule has 0 fully saturated rings. The van der Waals surface area contributed by atoms with Gasteiger partial charge in [-0.25, -0.2) is 4.79 Å². The van der Waals surface area contributed by atoms with Crippen molar-refractivity contribution in [2.75, 3.05) is 13.7 Å². The average Bonchev–Trinajstić information content (AvgIpc) is 2.59. The Morgan fingerprint density at radius 3 is 2.09 bits per heavy atom. The zero-order valence-corrected chi connectivity index (χ0v) is 14.6.